The Morgan fingerprint density at radius 2 is 2.18 bits per heavy atom. The van der Waals surface area contributed by atoms with Crippen molar-refractivity contribution in [3.8, 4) is 5.75 Å². The Bertz CT molecular complexity index is 399. The molecule has 1 aliphatic carbocycles. The van der Waals surface area contributed by atoms with Crippen LogP contribution in [0.15, 0.2) is 24.3 Å². The summed E-state index contributed by atoms with van der Waals surface area (Å²) in [7, 11) is 0. The first-order valence-corrected chi connectivity index (χ1v) is 5.92. The predicted octanol–water partition coefficient (Wildman–Crippen LogP) is 2.36. The van der Waals surface area contributed by atoms with Crippen molar-refractivity contribution >= 4 is 11.7 Å². The maximum absolute atomic E-state index is 10.7. The molecule has 1 aromatic rings. The molecule has 0 spiro atoms. The van der Waals surface area contributed by atoms with Crippen molar-refractivity contribution in [3.05, 3.63) is 24.3 Å². The molecule has 0 amide bonds. The van der Waals surface area contributed by atoms with Crippen molar-refractivity contribution in [1.82, 2.24) is 0 Å². The smallest absolute Gasteiger partial charge is 0.306 e. The van der Waals surface area contributed by atoms with Crippen molar-refractivity contribution in [2.75, 3.05) is 11.9 Å². The lowest BCUT2D eigenvalue weighted by Gasteiger charge is -2.34. The zero-order valence-corrected chi connectivity index (χ0v) is 9.85. The van der Waals surface area contributed by atoms with Crippen LogP contribution >= 0.6 is 0 Å². The molecular weight excluding hydrogens is 218 g/mol. The Kier molecular flexibility index (Phi) is 3.52. The van der Waals surface area contributed by atoms with Gasteiger partial charge in [-0.1, -0.05) is 12.1 Å². The minimum atomic E-state index is -0.693. The van der Waals surface area contributed by atoms with Crippen LogP contribution in [0.4, 0.5) is 5.69 Å². The zero-order chi connectivity index (χ0) is 12.3. The van der Waals surface area contributed by atoms with Gasteiger partial charge >= 0.3 is 5.97 Å². The van der Waals surface area contributed by atoms with Gasteiger partial charge in [0.15, 0.2) is 0 Å². The van der Waals surface area contributed by atoms with E-state index in [2.05, 4.69) is 5.32 Å². The summed E-state index contributed by atoms with van der Waals surface area (Å²) in [6, 6.07) is 7.99. The molecule has 0 heterocycles. The van der Waals surface area contributed by atoms with Gasteiger partial charge in [0.25, 0.3) is 0 Å². The summed E-state index contributed by atoms with van der Waals surface area (Å²) in [5.41, 5.74) is 0.947. The van der Waals surface area contributed by atoms with Gasteiger partial charge in [0.2, 0.25) is 0 Å². The SMILES string of the molecule is CCOc1ccccc1NC1CC(C(=O)O)C1. The van der Waals surface area contributed by atoms with Crippen molar-refractivity contribution in [2.24, 2.45) is 5.92 Å². The fourth-order valence-electron chi connectivity index (χ4n) is 2.02. The van der Waals surface area contributed by atoms with Crippen LogP contribution in [0.3, 0.4) is 0 Å². The minimum absolute atomic E-state index is 0.188. The van der Waals surface area contributed by atoms with E-state index in [9.17, 15) is 4.79 Å². The number of hydrogen-bond donors (Lipinski definition) is 2. The van der Waals surface area contributed by atoms with Gasteiger partial charge in [-0.15, -0.1) is 0 Å². The molecule has 0 saturated heterocycles. The molecule has 1 saturated carbocycles. The summed E-state index contributed by atoms with van der Waals surface area (Å²) < 4.78 is 5.50. The summed E-state index contributed by atoms with van der Waals surface area (Å²) in [6.45, 7) is 2.57. The Hall–Kier alpha value is -1.71. The third-order valence-corrected chi connectivity index (χ3v) is 3.03. The second-order valence-corrected chi connectivity index (χ2v) is 4.28. The van der Waals surface area contributed by atoms with Crippen molar-refractivity contribution in [2.45, 2.75) is 25.8 Å². The van der Waals surface area contributed by atoms with E-state index in [1.54, 1.807) is 0 Å². The van der Waals surface area contributed by atoms with E-state index in [-0.39, 0.29) is 12.0 Å². The molecule has 0 atom stereocenters. The number of nitrogens with one attached hydrogen (secondary N) is 1. The molecule has 0 aliphatic heterocycles. The fraction of sp³-hybridized carbons (Fsp3) is 0.462. The van der Waals surface area contributed by atoms with Gasteiger partial charge in [0.1, 0.15) is 5.75 Å². The van der Waals surface area contributed by atoms with Crippen molar-refractivity contribution < 1.29 is 14.6 Å². The molecule has 0 unspecified atom stereocenters. The molecule has 4 heteroatoms. The number of para-hydroxylation sites is 2. The molecule has 1 aromatic carbocycles. The highest BCUT2D eigenvalue weighted by Crippen LogP contribution is 2.33. The molecule has 17 heavy (non-hydrogen) atoms. The standard InChI is InChI=1S/C13H17NO3/c1-2-17-12-6-4-3-5-11(12)14-10-7-9(8-10)13(15)16/h3-6,9-10,14H,2,7-8H2,1H3,(H,15,16). The number of aliphatic carboxylic acids is 1. The van der Waals surface area contributed by atoms with Crippen molar-refractivity contribution in [1.29, 1.82) is 0 Å². The molecule has 2 rings (SSSR count). The predicted molar refractivity (Wildman–Crippen MR) is 65.4 cm³/mol. The number of hydrogen-bond acceptors (Lipinski definition) is 3. The van der Waals surface area contributed by atoms with Crippen LogP contribution in [0, 0.1) is 5.92 Å². The van der Waals surface area contributed by atoms with Gasteiger partial charge in [-0.2, -0.15) is 0 Å². The van der Waals surface area contributed by atoms with Gasteiger partial charge < -0.3 is 15.2 Å². The number of carboxylic acid groups (broad SMARTS) is 1. The lowest BCUT2D eigenvalue weighted by atomic mass is 9.80. The van der Waals surface area contributed by atoms with Crippen LogP contribution < -0.4 is 10.1 Å². The maximum Gasteiger partial charge on any atom is 0.306 e. The zero-order valence-electron chi connectivity index (χ0n) is 9.85. The number of rotatable bonds is 5. The summed E-state index contributed by atoms with van der Waals surface area (Å²) in [5, 5.41) is 12.1. The molecule has 4 nitrogen and oxygen atoms in total. The first-order valence-electron chi connectivity index (χ1n) is 5.92. The van der Waals surface area contributed by atoms with Gasteiger partial charge in [0, 0.05) is 6.04 Å². The molecular formula is C13H17NO3. The largest absolute Gasteiger partial charge is 0.492 e. The Morgan fingerprint density at radius 3 is 2.82 bits per heavy atom. The average Bonchev–Trinajstić information content (AvgIpc) is 2.24. The van der Waals surface area contributed by atoms with Gasteiger partial charge in [-0.05, 0) is 31.9 Å². The number of carboxylic acids is 1. The van der Waals surface area contributed by atoms with E-state index < -0.39 is 5.97 Å². The lowest BCUT2D eigenvalue weighted by molar-refractivity contribution is -0.144. The summed E-state index contributed by atoms with van der Waals surface area (Å²) in [5.74, 6) is -0.0540. The van der Waals surface area contributed by atoms with Crippen LogP contribution in [0.2, 0.25) is 0 Å². The summed E-state index contributed by atoms with van der Waals surface area (Å²) in [4.78, 5) is 10.7. The number of ether oxygens (including phenoxy) is 1. The highest BCUT2D eigenvalue weighted by molar-refractivity contribution is 5.72. The molecule has 0 aromatic heterocycles. The van der Waals surface area contributed by atoms with Crippen LogP contribution in [0.5, 0.6) is 5.75 Å². The monoisotopic (exact) mass is 235 g/mol. The van der Waals surface area contributed by atoms with Crippen molar-refractivity contribution in [3.63, 3.8) is 0 Å². The van der Waals surface area contributed by atoms with E-state index in [1.807, 2.05) is 31.2 Å². The number of anilines is 1. The van der Waals surface area contributed by atoms with Crippen LogP contribution in [0.25, 0.3) is 0 Å². The average molecular weight is 235 g/mol. The fourth-order valence-corrected chi connectivity index (χ4v) is 2.02. The topological polar surface area (TPSA) is 58.6 Å². The third kappa shape index (κ3) is 2.70. The van der Waals surface area contributed by atoms with Gasteiger partial charge in [0.05, 0.1) is 18.2 Å². The Balaban J connectivity index is 1.93. The van der Waals surface area contributed by atoms with Crippen LogP contribution in [-0.4, -0.2) is 23.7 Å². The summed E-state index contributed by atoms with van der Waals surface area (Å²) >= 11 is 0. The maximum atomic E-state index is 10.7. The molecule has 1 fully saturated rings. The van der Waals surface area contributed by atoms with Gasteiger partial charge in [-0.25, -0.2) is 0 Å². The Morgan fingerprint density at radius 1 is 1.47 bits per heavy atom. The van der Waals surface area contributed by atoms with Gasteiger partial charge in [-0.3, -0.25) is 4.79 Å². The summed E-state index contributed by atoms with van der Waals surface area (Å²) in [6.07, 6.45) is 1.38. The second-order valence-electron chi connectivity index (χ2n) is 4.28. The first-order chi connectivity index (χ1) is 8.20. The lowest BCUT2D eigenvalue weighted by Crippen LogP contribution is -2.39. The molecule has 1 aliphatic rings. The van der Waals surface area contributed by atoms with E-state index >= 15 is 0 Å². The quantitative estimate of drug-likeness (QED) is 0.822. The van der Waals surface area contributed by atoms with Crippen LogP contribution in [0.1, 0.15) is 19.8 Å². The minimum Gasteiger partial charge on any atom is -0.492 e. The van der Waals surface area contributed by atoms with Crippen LogP contribution in [-0.2, 0) is 4.79 Å². The second kappa shape index (κ2) is 5.08. The Labute approximate surface area is 101 Å². The molecule has 0 bridgehead atoms. The van der Waals surface area contributed by atoms with E-state index in [0.717, 1.165) is 11.4 Å². The number of carbonyl (C=O) groups is 1. The van der Waals surface area contributed by atoms with E-state index in [0.29, 0.717) is 19.4 Å². The molecule has 0 radical (unpaired) electrons. The number of benzene rings is 1. The molecule has 92 valence electrons. The molecule has 2 N–H and O–H groups in total. The van der Waals surface area contributed by atoms with E-state index in [4.69, 9.17) is 9.84 Å². The normalized spacial score (nSPS) is 22.6. The van der Waals surface area contributed by atoms with E-state index in [1.165, 1.54) is 0 Å². The highest BCUT2D eigenvalue weighted by atomic mass is 16.5. The third-order valence-electron chi connectivity index (χ3n) is 3.03. The highest BCUT2D eigenvalue weighted by Gasteiger charge is 2.34. The first kappa shape index (κ1) is 11.8.